The third-order valence-electron chi connectivity index (χ3n) is 6.49. The van der Waals surface area contributed by atoms with Crippen molar-refractivity contribution in [3.8, 4) is 28.1 Å². The third kappa shape index (κ3) is 2.34. The molecule has 2 heterocycles. The molecular weight excluding hydrogens is 364 g/mol. The smallest absolute Gasteiger partial charge is 0.0703 e. The Kier molecular flexibility index (Phi) is 3.54. The SMILES string of the molecule is CC1(C)c2ccccc2-c2c1ccc1ccn(-c3ccc(-c4ccccc4)nc3)c21. The van der Waals surface area contributed by atoms with Gasteiger partial charge < -0.3 is 4.57 Å². The first-order chi connectivity index (χ1) is 14.6. The first-order valence-corrected chi connectivity index (χ1v) is 10.4. The predicted molar refractivity (Wildman–Crippen MR) is 124 cm³/mol. The van der Waals surface area contributed by atoms with Gasteiger partial charge in [-0.2, -0.15) is 0 Å². The lowest BCUT2D eigenvalue weighted by Crippen LogP contribution is -2.14. The van der Waals surface area contributed by atoms with Crippen molar-refractivity contribution in [2.45, 2.75) is 19.3 Å². The van der Waals surface area contributed by atoms with Crippen LogP contribution in [-0.4, -0.2) is 9.55 Å². The van der Waals surface area contributed by atoms with Crippen LogP contribution in [0.4, 0.5) is 0 Å². The van der Waals surface area contributed by atoms with Gasteiger partial charge in [-0.15, -0.1) is 0 Å². The molecule has 0 bridgehead atoms. The minimum atomic E-state index is 0.00460. The molecule has 5 aromatic rings. The van der Waals surface area contributed by atoms with Gasteiger partial charge in [0.1, 0.15) is 0 Å². The van der Waals surface area contributed by atoms with Gasteiger partial charge in [-0.05, 0) is 34.9 Å². The van der Waals surface area contributed by atoms with Crippen molar-refractivity contribution in [3.63, 3.8) is 0 Å². The van der Waals surface area contributed by atoms with Crippen molar-refractivity contribution in [2.24, 2.45) is 0 Å². The van der Waals surface area contributed by atoms with Crippen LogP contribution in [0.1, 0.15) is 25.0 Å². The van der Waals surface area contributed by atoms with E-state index in [1.807, 2.05) is 24.4 Å². The van der Waals surface area contributed by atoms with Crippen molar-refractivity contribution in [3.05, 3.63) is 108 Å². The molecule has 30 heavy (non-hydrogen) atoms. The maximum absolute atomic E-state index is 4.76. The van der Waals surface area contributed by atoms with E-state index < -0.39 is 0 Å². The Morgan fingerprint density at radius 1 is 0.733 bits per heavy atom. The van der Waals surface area contributed by atoms with Gasteiger partial charge in [0, 0.05) is 28.1 Å². The highest BCUT2D eigenvalue weighted by molar-refractivity contribution is 6.01. The Balaban J connectivity index is 1.56. The maximum Gasteiger partial charge on any atom is 0.0703 e. The number of benzene rings is 3. The summed E-state index contributed by atoms with van der Waals surface area (Å²) in [5.74, 6) is 0. The molecule has 2 heteroatoms. The van der Waals surface area contributed by atoms with Crippen molar-refractivity contribution in [1.29, 1.82) is 0 Å². The number of rotatable bonds is 2. The topological polar surface area (TPSA) is 17.8 Å². The highest BCUT2D eigenvalue weighted by Crippen LogP contribution is 2.51. The predicted octanol–water partition coefficient (Wildman–Crippen LogP) is 7.00. The molecule has 144 valence electrons. The summed E-state index contributed by atoms with van der Waals surface area (Å²) in [6, 6.07) is 30.2. The molecule has 0 fully saturated rings. The summed E-state index contributed by atoms with van der Waals surface area (Å²) in [5.41, 5.74) is 9.97. The van der Waals surface area contributed by atoms with Gasteiger partial charge in [-0.1, -0.05) is 80.6 Å². The summed E-state index contributed by atoms with van der Waals surface area (Å²) >= 11 is 0. The first-order valence-electron chi connectivity index (χ1n) is 10.4. The number of nitrogens with zero attached hydrogens (tertiary/aromatic N) is 2. The summed E-state index contributed by atoms with van der Waals surface area (Å²) in [4.78, 5) is 4.76. The minimum Gasteiger partial charge on any atom is -0.314 e. The number of hydrogen-bond acceptors (Lipinski definition) is 1. The monoisotopic (exact) mass is 386 g/mol. The Labute approximate surface area is 176 Å². The lowest BCUT2D eigenvalue weighted by atomic mass is 9.82. The average Bonchev–Trinajstić information content (AvgIpc) is 3.32. The van der Waals surface area contributed by atoms with E-state index in [1.165, 1.54) is 33.2 Å². The second kappa shape index (κ2) is 6.17. The molecule has 6 rings (SSSR count). The molecule has 0 aliphatic heterocycles. The highest BCUT2D eigenvalue weighted by Gasteiger charge is 2.36. The normalized spacial score (nSPS) is 13.9. The zero-order chi connectivity index (χ0) is 20.3. The van der Waals surface area contributed by atoms with Crippen LogP contribution in [0.2, 0.25) is 0 Å². The Morgan fingerprint density at radius 3 is 2.33 bits per heavy atom. The second-order valence-electron chi connectivity index (χ2n) is 8.55. The minimum absolute atomic E-state index is 0.00460. The van der Waals surface area contributed by atoms with Crippen LogP contribution in [-0.2, 0) is 5.41 Å². The maximum atomic E-state index is 4.76. The van der Waals surface area contributed by atoms with Gasteiger partial charge in [-0.25, -0.2) is 0 Å². The molecule has 0 saturated heterocycles. The molecule has 0 unspecified atom stereocenters. The van der Waals surface area contributed by atoms with Gasteiger partial charge in [0.25, 0.3) is 0 Å². The van der Waals surface area contributed by atoms with Gasteiger partial charge in [0.15, 0.2) is 0 Å². The molecule has 0 amide bonds. The summed E-state index contributed by atoms with van der Waals surface area (Å²) in [6.07, 6.45) is 4.14. The fraction of sp³-hybridized carbons (Fsp3) is 0.107. The average molecular weight is 386 g/mol. The summed E-state index contributed by atoms with van der Waals surface area (Å²) in [7, 11) is 0. The van der Waals surface area contributed by atoms with E-state index in [-0.39, 0.29) is 5.41 Å². The van der Waals surface area contributed by atoms with Crippen LogP contribution in [0.3, 0.4) is 0 Å². The van der Waals surface area contributed by atoms with E-state index >= 15 is 0 Å². The lowest BCUT2D eigenvalue weighted by molar-refractivity contribution is 0.661. The molecule has 2 aromatic heterocycles. The van der Waals surface area contributed by atoms with E-state index in [0.717, 1.165) is 16.9 Å². The molecule has 0 N–H and O–H groups in total. The molecular formula is C28H22N2. The molecule has 1 aliphatic carbocycles. The van der Waals surface area contributed by atoms with Gasteiger partial charge in [0.2, 0.25) is 0 Å². The van der Waals surface area contributed by atoms with Crippen LogP contribution in [0.25, 0.3) is 39.0 Å². The fourth-order valence-electron chi connectivity index (χ4n) is 4.94. The molecule has 1 aliphatic rings. The standard InChI is InChI=1S/C28H22N2/c1-28(2)23-11-7-6-10-22(23)26-24(28)14-12-20-16-17-30(27(20)26)21-13-15-25(29-18-21)19-8-4-3-5-9-19/h3-18H,1-2H3. The molecule has 0 saturated carbocycles. The van der Waals surface area contributed by atoms with E-state index in [9.17, 15) is 0 Å². The first kappa shape index (κ1) is 17.2. The lowest BCUT2D eigenvalue weighted by Gasteiger charge is -2.21. The van der Waals surface area contributed by atoms with Crippen LogP contribution < -0.4 is 0 Å². The molecule has 3 aromatic carbocycles. The molecule has 0 radical (unpaired) electrons. The van der Waals surface area contributed by atoms with E-state index in [2.05, 4.69) is 91.3 Å². The van der Waals surface area contributed by atoms with Crippen molar-refractivity contribution >= 4 is 10.9 Å². The van der Waals surface area contributed by atoms with Crippen LogP contribution >= 0.6 is 0 Å². The Bertz CT molecular complexity index is 1390. The van der Waals surface area contributed by atoms with Gasteiger partial charge in [-0.3, -0.25) is 4.98 Å². The van der Waals surface area contributed by atoms with E-state index in [4.69, 9.17) is 4.98 Å². The quantitative estimate of drug-likeness (QED) is 0.319. The zero-order valence-electron chi connectivity index (χ0n) is 17.1. The van der Waals surface area contributed by atoms with Crippen LogP contribution in [0.15, 0.2) is 97.3 Å². The van der Waals surface area contributed by atoms with E-state index in [0.29, 0.717) is 0 Å². The third-order valence-corrected chi connectivity index (χ3v) is 6.49. The largest absolute Gasteiger partial charge is 0.314 e. The van der Waals surface area contributed by atoms with Gasteiger partial charge >= 0.3 is 0 Å². The summed E-state index contributed by atoms with van der Waals surface area (Å²) in [5, 5.41) is 1.26. The number of pyridine rings is 1. The highest BCUT2D eigenvalue weighted by atomic mass is 15.0. The fourth-order valence-corrected chi connectivity index (χ4v) is 4.94. The zero-order valence-corrected chi connectivity index (χ0v) is 17.1. The van der Waals surface area contributed by atoms with Crippen molar-refractivity contribution in [2.75, 3.05) is 0 Å². The van der Waals surface area contributed by atoms with Gasteiger partial charge in [0.05, 0.1) is 23.1 Å². The Morgan fingerprint density at radius 2 is 1.53 bits per heavy atom. The molecule has 0 atom stereocenters. The van der Waals surface area contributed by atoms with E-state index in [1.54, 1.807) is 0 Å². The van der Waals surface area contributed by atoms with Crippen molar-refractivity contribution < 1.29 is 0 Å². The summed E-state index contributed by atoms with van der Waals surface area (Å²) < 4.78 is 2.29. The molecule has 0 spiro atoms. The van der Waals surface area contributed by atoms with Crippen LogP contribution in [0, 0.1) is 0 Å². The van der Waals surface area contributed by atoms with Crippen molar-refractivity contribution in [1.82, 2.24) is 9.55 Å². The number of fused-ring (bicyclic) bond motifs is 5. The van der Waals surface area contributed by atoms with Crippen LogP contribution in [0.5, 0.6) is 0 Å². The Hall–Kier alpha value is -3.65. The number of hydrogen-bond donors (Lipinski definition) is 0. The summed E-state index contributed by atoms with van der Waals surface area (Å²) in [6.45, 7) is 4.65. The second-order valence-corrected chi connectivity index (χ2v) is 8.55. The molecule has 2 nitrogen and oxygen atoms in total. The number of aromatic nitrogens is 2.